The molecule has 0 aliphatic carbocycles. The summed E-state index contributed by atoms with van der Waals surface area (Å²) in [7, 11) is 1.18. The van der Waals surface area contributed by atoms with E-state index in [1.165, 1.54) is 263 Å². The number of rotatable bonds is 69. The van der Waals surface area contributed by atoms with Crippen LogP contribution >= 0.6 is 7.82 Å². The highest BCUT2D eigenvalue weighted by Gasteiger charge is 2.22. The van der Waals surface area contributed by atoms with Gasteiger partial charge >= 0.3 is 11.9 Å². The summed E-state index contributed by atoms with van der Waals surface area (Å²) in [5, 5.41) is 0. The van der Waals surface area contributed by atoms with E-state index in [0.717, 1.165) is 64.2 Å². The molecule has 0 rings (SSSR count). The molecule has 10 heteroatoms. The fourth-order valence-electron chi connectivity index (χ4n) is 10.9. The number of ether oxygens (including phenoxy) is 2. The second-order valence-electron chi connectivity index (χ2n) is 26.3. The predicted octanol–water partition coefficient (Wildman–Crippen LogP) is 23.5. The predicted molar refractivity (Wildman–Crippen MR) is 370 cm³/mol. The lowest BCUT2D eigenvalue weighted by atomic mass is 10.0. The fourth-order valence-corrected chi connectivity index (χ4v) is 11.6. The van der Waals surface area contributed by atoms with Crippen molar-refractivity contribution in [2.45, 2.75) is 367 Å². The summed E-state index contributed by atoms with van der Waals surface area (Å²) in [6.07, 6.45) is 88.9. The van der Waals surface area contributed by atoms with Crippen molar-refractivity contribution in [2.24, 2.45) is 0 Å². The van der Waals surface area contributed by atoms with Crippen LogP contribution in [0.25, 0.3) is 0 Å². The maximum Gasteiger partial charge on any atom is 0.306 e. The molecule has 0 spiro atoms. The number of unbranched alkanes of at least 4 members (excludes halogenated alkanes) is 45. The summed E-state index contributed by atoms with van der Waals surface area (Å²) in [5.41, 5.74) is 0. The van der Waals surface area contributed by atoms with Crippen molar-refractivity contribution in [1.29, 1.82) is 0 Å². The highest BCUT2D eigenvalue weighted by Crippen LogP contribution is 2.38. The Hall–Kier alpha value is -2.29. The van der Waals surface area contributed by atoms with Gasteiger partial charge in [0, 0.05) is 12.8 Å². The quantitative estimate of drug-likeness (QED) is 0.0195. The van der Waals surface area contributed by atoms with Crippen LogP contribution in [0.4, 0.5) is 0 Å². The van der Waals surface area contributed by atoms with Crippen molar-refractivity contribution < 1.29 is 42.1 Å². The third-order valence-electron chi connectivity index (χ3n) is 16.5. The first kappa shape index (κ1) is 83.7. The van der Waals surface area contributed by atoms with Crippen LogP contribution in [-0.2, 0) is 32.7 Å². The summed E-state index contributed by atoms with van der Waals surface area (Å²) in [4.78, 5) is 38.1. The monoisotopic (exact) mass is 1230 g/mol. The normalized spacial score (nSPS) is 13.4. The first-order valence-corrected chi connectivity index (χ1v) is 38.5. The number of nitrogens with zero attached hydrogens (tertiary/aromatic N) is 1. The standard InChI is InChI=1S/C76H142NO8P/c1-6-8-10-12-14-16-18-20-22-24-26-28-30-32-34-36-37-38-39-41-42-44-46-48-50-52-54-56-58-60-62-64-66-68-75(78)82-72-74(73-84-86(80,81)83-71-70-77(3,4)5)85-76(79)69-67-65-63-61-59-57-55-53-51-49-47-45-43-40-35-33-31-29-27-25-23-21-19-17-15-13-11-9-7-2/h9,11,15,17,21,23-24,26-27,29,74H,6-8,10,12-14,16,18-20,22,25,28,30-73H2,1-5H3/b11-9-,17-15-,23-21-,26-24-,29-27-. The van der Waals surface area contributed by atoms with Crippen molar-refractivity contribution in [3.8, 4) is 0 Å². The number of quaternary nitrogens is 1. The Bertz CT molecular complexity index is 1630. The fraction of sp³-hybridized carbons (Fsp3) is 0.842. The van der Waals surface area contributed by atoms with Crippen LogP contribution in [0.15, 0.2) is 60.8 Å². The molecular weight excluding hydrogens is 1090 g/mol. The molecule has 0 aromatic rings. The Kier molecular flexibility index (Phi) is 65.3. The first-order valence-electron chi connectivity index (χ1n) is 37.0. The summed E-state index contributed by atoms with van der Waals surface area (Å²) in [6, 6.07) is 0. The Morgan fingerprint density at radius 3 is 1.00 bits per heavy atom. The van der Waals surface area contributed by atoms with Gasteiger partial charge in [-0.05, 0) is 77.0 Å². The van der Waals surface area contributed by atoms with Gasteiger partial charge in [-0.1, -0.05) is 331 Å². The minimum atomic E-state index is -4.64. The number of carbonyl (C=O) groups is 2. The van der Waals surface area contributed by atoms with Crippen LogP contribution in [0.2, 0.25) is 0 Å². The molecule has 86 heavy (non-hydrogen) atoms. The molecule has 504 valence electrons. The molecule has 0 N–H and O–H groups in total. The average Bonchev–Trinajstić information content (AvgIpc) is 3.67. The molecule has 0 fully saturated rings. The van der Waals surface area contributed by atoms with Gasteiger partial charge in [-0.2, -0.15) is 0 Å². The van der Waals surface area contributed by atoms with Crippen LogP contribution in [-0.4, -0.2) is 70.0 Å². The second-order valence-corrected chi connectivity index (χ2v) is 27.7. The van der Waals surface area contributed by atoms with Gasteiger partial charge in [0.1, 0.15) is 19.8 Å². The van der Waals surface area contributed by atoms with Crippen molar-refractivity contribution in [3.63, 3.8) is 0 Å². The highest BCUT2D eigenvalue weighted by atomic mass is 31.2. The minimum Gasteiger partial charge on any atom is -0.756 e. The number of hydrogen-bond donors (Lipinski definition) is 0. The molecule has 0 aromatic carbocycles. The van der Waals surface area contributed by atoms with Gasteiger partial charge in [-0.15, -0.1) is 0 Å². The largest absolute Gasteiger partial charge is 0.756 e. The smallest absolute Gasteiger partial charge is 0.306 e. The number of carbonyl (C=O) groups excluding carboxylic acids is 2. The van der Waals surface area contributed by atoms with E-state index in [4.69, 9.17) is 18.5 Å². The van der Waals surface area contributed by atoms with Gasteiger partial charge in [0.15, 0.2) is 6.10 Å². The van der Waals surface area contributed by atoms with E-state index < -0.39 is 26.5 Å². The summed E-state index contributed by atoms with van der Waals surface area (Å²) < 4.78 is 34.4. The minimum absolute atomic E-state index is 0.0296. The SMILES string of the molecule is CC/C=C\C/C=C\C/C=C\C/C=C\CCCCCCCCCCCCCCCCCCC(=O)OC(COC(=O)CCCCCCCCCCCCCCCCCCCCCCC/C=C\CCCCCCCCCC)COP(=O)([O-])OCC[N+](C)(C)C. The summed E-state index contributed by atoms with van der Waals surface area (Å²) in [6.45, 7) is 4.19. The van der Waals surface area contributed by atoms with E-state index in [2.05, 4.69) is 74.6 Å². The van der Waals surface area contributed by atoms with E-state index in [0.29, 0.717) is 17.4 Å². The van der Waals surface area contributed by atoms with Crippen LogP contribution < -0.4 is 4.89 Å². The molecule has 2 unspecified atom stereocenters. The van der Waals surface area contributed by atoms with E-state index in [9.17, 15) is 19.0 Å². The molecule has 0 amide bonds. The second kappa shape index (κ2) is 67.1. The molecule has 0 radical (unpaired) electrons. The lowest BCUT2D eigenvalue weighted by molar-refractivity contribution is -0.870. The van der Waals surface area contributed by atoms with Crippen LogP contribution in [0.5, 0.6) is 0 Å². The first-order chi connectivity index (χ1) is 42.0. The third kappa shape index (κ3) is 70.8. The van der Waals surface area contributed by atoms with Gasteiger partial charge in [0.05, 0.1) is 27.7 Å². The summed E-state index contributed by atoms with van der Waals surface area (Å²) in [5.74, 6) is -0.815. The van der Waals surface area contributed by atoms with E-state index in [-0.39, 0.29) is 32.0 Å². The van der Waals surface area contributed by atoms with E-state index in [1.54, 1.807) is 0 Å². The summed E-state index contributed by atoms with van der Waals surface area (Å²) >= 11 is 0. The molecular formula is C76H142NO8P. The molecule has 0 saturated carbocycles. The molecule has 0 aliphatic heterocycles. The molecule has 0 bridgehead atoms. The zero-order chi connectivity index (χ0) is 62.6. The topological polar surface area (TPSA) is 111 Å². The Morgan fingerprint density at radius 1 is 0.372 bits per heavy atom. The Balaban J connectivity index is 3.97. The van der Waals surface area contributed by atoms with E-state index in [1.807, 2.05) is 21.1 Å². The number of esters is 2. The van der Waals surface area contributed by atoms with Gasteiger partial charge in [0.2, 0.25) is 0 Å². The van der Waals surface area contributed by atoms with Gasteiger partial charge in [-0.25, -0.2) is 0 Å². The third-order valence-corrected chi connectivity index (χ3v) is 17.5. The van der Waals surface area contributed by atoms with Crippen molar-refractivity contribution >= 4 is 19.8 Å². The highest BCUT2D eigenvalue weighted by molar-refractivity contribution is 7.45. The van der Waals surface area contributed by atoms with Crippen LogP contribution in [0.3, 0.4) is 0 Å². The lowest BCUT2D eigenvalue weighted by Gasteiger charge is -2.28. The molecule has 2 atom stereocenters. The van der Waals surface area contributed by atoms with Gasteiger partial charge in [0.25, 0.3) is 7.82 Å². The molecule has 0 aliphatic rings. The number of hydrogen-bond acceptors (Lipinski definition) is 8. The van der Waals surface area contributed by atoms with Crippen molar-refractivity contribution in [3.05, 3.63) is 60.8 Å². The van der Waals surface area contributed by atoms with Gasteiger partial charge in [-0.3, -0.25) is 14.2 Å². The zero-order valence-corrected chi connectivity index (χ0v) is 58.4. The average molecular weight is 1230 g/mol. The molecule has 0 saturated heterocycles. The van der Waals surface area contributed by atoms with Crippen LogP contribution in [0.1, 0.15) is 361 Å². The number of allylic oxidation sites excluding steroid dienone is 10. The molecule has 0 heterocycles. The lowest BCUT2D eigenvalue weighted by Crippen LogP contribution is -2.37. The Labute approximate surface area is 534 Å². The maximum absolute atomic E-state index is 12.9. The zero-order valence-electron chi connectivity index (χ0n) is 57.5. The molecule has 0 aromatic heterocycles. The molecule has 9 nitrogen and oxygen atoms in total. The number of phosphoric acid groups is 1. The van der Waals surface area contributed by atoms with Crippen molar-refractivity contribution in [1.82, 2.24) is 0 Å². The van der Waals surface area contributed by atoms with E-state index >= 15 is 0 Å². The maximum atomic E-state index is 12.9. The van der Waals surface area contributed by atoms with Gasteiger partial charge < -0.3 is 27.9 Å². The number of phosphoric ester groups is 1. The van der Waals surface area contributed by atoms with Crippen molar-refractivity contribution in [2.75, 3.05) is 47.5 Å². The number of likely N-dealkylation sites (N-methyl/N-ethyl adjacent to an activating group) is 1. The van der Waals surface area contributed by atoms with Crippen LogP contribution in [0, 0.1) is 0 Å². The Morgan fingerprint density at radius 2 is 0.663 bits per heavy atom.